The van der Waals surface area contributed by atoms with Crippen LogP contribution in [0.15, 0.2) is 53.4 Å². The number of thioether (sulfide) groups is 1. The minimum absolute atomic E-state index is 0.0996. The summed E-state index contributed by atoms with van der Waals surface area (Å²) in [7, 11) is 0. The van der Waals surface area contributed by atoms with Gasteiger partial charge in [0.15, 0.2) is 0 Å². The van der Waals surface area contributed by atoms with E-state index in [1.165, 1.54) is 30.3 Å². The van der Waals surface area contributed by atoms with Crippen molar-refractivity contribution in [3.8, 4) is 0 Å². The second-order valence-electron chi connectivity index (χ2n) is 5.23. The number of H-pyrrole nitrogens is 1. The molecule has 0 radical (unpaired) electrons. The van der Waals surface area contributed by atoms with Crippen molar-refractivity contribution in [3.05, 3.63) is 54.1 Å². The molecule has 3 rings (SSSR count). The number of benzene rings is 2. The molecule has 3 N–H and O–H groups in total. The number of alkyl halides is 3. The first-order chi connectivity index (χ1) is 12.3. The van der Waals surface area contributed by atoms with E-state index in [4.69, 9.17) is 5.11 Å². The molecule has 0 bridgehead atoms. The number of carboxylic acid groups (broad SMARTS) is 1. The van der Waals surface area contributed by atoms with Crippen LogP contribution in [0.3, 0.4) is 0 Å². The summed E-state index contributed by atoms with van der Waals surface area (Å²) in [6, 6.07) is 11.0. The summed E-state index contributed by atoms with van der Waals surface area (Å²) in [6.07, 6.45) is 2.50. The Balaban J connectivity index is 1.75. The molecule has 3 aromatic rings. The van der Waals surface area contributed by atoms with E-state index in [0.29, 0.717) is 28.2 Å². The molecule has 0 aliphatic carbocycles. The third kappa shape index (κ3) is 4.79. The number of hydrogen-bond acceptors (Lipinski definition) is 4. The maximum atomic E-state index is 12.3. The summed E-state index contributed by atoms with van der Waals surface area (Å²) >= 11 is -0.172. The number of hydrogen-bond donors (Lipinski definition) is 3. The molecular weight excluding hydrogens is 367 g/mol. The molecule has 1 aromatic heterocycles. The fourth-order valence-electron chi connectivity index (χ4n) is 2.23. The van der Waals surface area contributed by atoms with Gasteiger partial charge >= 0.3 is 11.5 Å². The molecule has 0 saturated carbocycles. The molecule has 1 heterocycles. The smallest absolute Gasteiger partial charge is 0.446 e. The molecule has 0 amide bonds. The molecular formula is C17H12F3N3O2S. The zero-order chi connectivity index (χ0) is 18.7. The van der Waals surface area contributed by atoms with Crippen molar-refractivity contribution in [2.75, 3.05) is 5.32 Å². The zero-order valence-corrected chi connectivity index (χ0v) is 13.9. The van der Waals surface area contributed by atoms with Crippen LogP contribution in [0.4, 0.5) is 24.8 Å². The van der Waals surface area contributed by atoms with Crippen LogP contribution in [0.1, 0.15) is 5.56 Å². The van der Waals surface area contributed by atoms with Crippen molar-refractivity contribution >= 4 is 46.5 Å². The van der Waals surface area contributed by atoms with Gasteiger partial charge in [-0.1, -0.05) is 6.07 Å². The van der Waals surface area contributed by atoms with Gasteiger partial charge in [0.2, 0.25) is 5.95 Å². The highest BCUT2D eigenvalue weighted by atomic mass is 32.2. The average Bonchev–Trinajstić information content (AvgIpc) is 2.95. The van der Waals surface area contributed by atoms with E-state index in [1.54, 1.807) is 18.2 Å². The number of fused-ring (bicyclic) bond motifs is 1. The van der Waals surface area contributed by atoms with Crippen molar-refractivity contribution in [2.24, 2.45) is 0 Å². The first-order valence-corrected chi connectivity index (χ1v) is 8.14. The molecule has 134 valence electrons. The largest absolute Gasteiger partial charge is 0.478 e. The Morgan fingerprint density at radius 3 is 2.58 bits per heavy atom. The first kappa shape index (κ1) is 17.9. The quantitative estimate of drug-likeness (QED) is 0.429. The Morgan fingerprint density at radius 1 is 1.19 bits per heavy atom. The van der Waals surface area contributed by atoms with Gasteiger partial charge in [0.05, 0.1) is 11.0 Å². The van der Waals surface area contributed by atoms with E-state index in [-0.39, 0.29) is 16.7 Å². The molecule has 0 saturated heterocycles. The summed E-state index contributed by atoms with van der Waals surface area (Å²) in [4.78, 5) is 18.0. The molecule has 0 fully saturated rings. The van der Waals surface area contributed by atoms with E-state index in [0.717, 1.165) is 6.08 Å². The lowest BCUT2D eigenvalue weighted by Crippen LogP contribution is -1.99. The van der Waals surface area contributed by atoms with Crippen LogP contribution in [-0.4, -0.2) is 26.6 Å². The topological polar surface area (TPSA) is 78.0 Å². The van der Waals surface area contributed by atoms with Gasteiger partial charge in [0, 0.05) is 16.7 Å². The Morgan fingerprint density at radius 2 is 1.92 bits per heavy atom. The van der Waals surface area contributed by atoms with E-state index >= 15 is 0 Å². The van der Waals surface area contributed by atoms with Crippen molar-refractivity contribution in [2.45, 2.75) is 10.4 Å². The Hall–Kier alpha value is -2.94. The number of rotatable bonds is 5. The SMILES string of the molecule is O=C(O)/C=C/c1ccc2nc(Nc3ccc(SC(F)(F)F)cc3)[nH]c2c1. The lowest BCUT2D eigenvalue weighted by molar-refractivity contribution is -0.131. The molecule has 0 unspecified atom stereocenters. The number of aromatic nitrogens is 2. The van der Waals surface area contributed by atoms with Crippen LogP contribution >= 0.6 is 11.8 Å². The number of imidazole rings is 1. The van der Waals surface area contributed by atoms with Gasteiger partial charge in [-0.2, -0.15) is 13.2 Å². The summed E-state index contributed by atoms with van der Waals surface area (Å²) in [5.41, 5.74) is -1.67. The molecule has 0 aliphatic heterocycles. The Bertz CT molecular complexity index is 966. The van der Waals surface area contributed by atoms with Crippen LogP contribution in [0.5, 0.6) is 0 Å². The molecule has 0 atom stereocenters. The maximum absolute atomic E-state index is 12.3. The predicted molar refractivity (Wildman–Crippen MR) is 94.4 cm³/mol. The van der Waals surface area contributed by atoms with Crippen LogP contribution < -0.4 is 5.32 Å². The maximum Gasteiger partial charge on any atom is 0.446 e. The fourth-order valence-corrected chi connectivity index (χ4v) is 2.77. The van der Waals surface area contributed by atoms with E-state index in [9.17, 15) is 18.0 Å². The summed E-state index contributed by atoms with van der Waals surface area (Å²) < 4.78 is 37.0. The summed E-state index contributed by atoms with van der Waals surface area (Å²) in [5, 5.41) is 11.6. The number of nitrogens with one attached hydrogen (secondary N) is 2. The predicted octanol–water partition coefficient (Wildman–Crippen LogP) is 5.02. The highest BCUT2D eigenvalue weighted by Crippen LogP contribution is 2.37. The van der Waals surface area contributed by atoms with Crippen molar-refractivity contribution < 1.29 is 23.1 Å². The number of aliphatic carboxylic acids is 1. The molecule has 5 nitrogen and oxygen atoms in total. The second-order valence-corrected chi connectivity index (χ2v) is 6.37. The summed E-state index contributed by atoms with van der Waals surface area (Å²) in [6.45, 7) is 0. The van der Waals surface area contributed by atoms with E-state index in [1.807, 2.05) is 0 Å². The van der Waals surface area contributed by atoms with Crippen molar-refractivity contribution in [1.29, 1.82) is 0 Å². The van der Waals surface area contributed by atoms with Crippen LogP contribution in [0.2, 0.25) is 0 Å². The van der Waals surface area contributed by atoms with Gasteiger partial charge in [-0.05, 0) is 59.8 Å². The molecule has 0 spiro atoms. The van der Waals surface area contributed by atoms with Gasteiger partial charge in [0.25, 0.3) is 0 Å². The van der Waals surface area contributed by atoms with E-state index in [2.05, 4.69) is 15.3 Å². The Labute approximate surface area is 149 Å². The number of aromatic amines is 1. The van der Waals surface area contributed by atoms with Crippen LogP contribution in [0.25, 0.3) is 17.1 Å². The lowest BCUT2D eigenvalue weighted by Gasteiger charge is -2.07. The fraction of sp³-hybridized carbons (Fsp3) is 0.0588. The van der Waals surface area contributed by atoms with Crippen LogP contribution in [0, 0.1) is 0 Å². The van der Waals surface area contributed by atoms with Gasteiger partial charge in [-0.25, -0.2) is 9.78 Å². The number of anilines is 2. The van der Waals surface area contributed by atoms with Gasteiger partial charge in [0.1, 0.15) is 0 Å². The normalized spacial score (nSPS) is 12.0. The average molecular weight is 379 g/mol. The first-order valence-electron chi connectivity index (χ1n) is 7.32. The standard InChI is InChI=1S/C17H12F3N3O2S/c18-17(19,20)26-12-5-3-11(4-6-12)21-16-22-13-7-1-10(2-8-15(24)25)9-14(13)23-16/h1-9H,(H,24,25)(H2,21,22,23)/b8-2+. The molecule has 26 heavy (non-hydrogen) atoms. The van der Waals surface area contributed by atoms with Gasteiger partial charge in [-0.15, -0.1) is 0 Å². The van der Waals surface area contributed by atoms with E-state index < -0.39 is 11.5 Å². The third-order valence-electron chi connectivity index (χ3n) is 3.27. The number of halogens is 3. The van der Waals surface area contributed by atoms with Gasteiger partial charge < -0.3 is 15.4 Å². The highest BCUT2D eigenvalue weighted by molar-refractivity contribution is 8.00. The lowest BCUT2D eigenvalue weighted by atomic mass is 10.2. The van der Waals surface area contributed by atoms with Crippen molar-refractivity contribution in [1.82, 2.24) is 9.97 Å². The minimum Gasteiger partial charge on any atom is -0.478 e. The monoisotopic (exact) mass is 379 g/mol. The highest BCUT2D eigenvalue weighted by Gasteiger charge is 2.28. The zero-order valence-electron chi connectivity index (χ0n) is 13.0. The number of nitrogens with zero attached hydrogens (tertiary/aromatic N) is 1. The third-order valence-corrected chi connectivity index (χ3v) is 4.01. The Kier molecular flexibility index (Phi) is 4.90. The van der Waals surface area contributed by atoms with Gasteiger partial charge in [-0.3, -0.25) is 0 Å². The molecule has 9 heteroatoms. The molecule has 0 aliphatic rings. The summed E-state index contributed by atoms with van der Waals surface area (Å²) in [5.74, 6) is -0.611. The minimum atomic E-state index is -4.32. The van der Waals surface area contributed by atoms with Crippen molar-refractivity contribution in [3.63, 3.8) is 0 Å². The molecule has 2 aromatic carbocycles. The van der Waals surface area contributed by atoms with Crippen LogP contribution in [-0.2, 0) is 4.79 Å². The number of carbonyl (C=O) groups is 1. The number of carboxylic acids is 1. The second kappa shape index (κ2) is 7.12.